The van der Waals surface area contributed by atoms with Gasteiger partial charge in [0.15, 0.2) is 0 Å². The van der Waals surface area contributed by atoms with Gasteiger partial charge in [-0.2, -0.15) is 0 Å². The number of ketones is 1. The summed E-state index contributed by atoms with van der Waals surface area (Å²) < 4.78 is 4.58. The molecule has 0 aromatic rings. The second-order valence-corrected chi connectivity index (χ2v) is 6.31. The van der Waals surface area contributed by atoms with Crippen LogP contribution >= 0.6 is 0 Å². The first-order chi connectivity index (χ1) is 9.74. The monoisotopic (exact) mass is 298 g/mol. The second kappa shape index (κ2) is 5.51. The van der Waals surface area contributed by atoms with Crippen LogP contribution in [0.4, 0.5) is 0 Å². The van der Waals surface area contributed by atoms with Crippen molar-refractivity contribution in [1.82, 2.24) is 0 Å². The van der Waals surface area contributed by atoms with E-state index in [0.717, 1.165) is 0 Å². The van der Waals surface area contributed by atoms with Gasteiger partial charge in [0.2, 0.25) is 0 Å². The number of aliphatic hydroxyl groups excluding tert-OH is 3. The largest absolute Gasteiger partial charge is 0.466 e. The summed E-state index contributed by atoms with van der Waals surface area (Å²) in [6, 6.07) is 0. The van der Waals surface area contributed by atoms with Crippen molar-refractivity contribution in [1.29, 1.82) is 0 Å². The zero-order valence-corrected chi connectivity index (χ0v) is 12.3. The fourth-order valence-electron chi connectivity index (χ4n) is 3.90. The minimum Gasteiger partial charge on any atom is -0.466 e. The van der Waals surface area contributed by atoms with Crippen LogP contribution in [-0.2, 0) is 14.3 Å². The third kappa shape index (κ3) is 2.41. The van der Waals surface area contributed by atoms with E-state index in [1.165, 1.54) is 7.11 Å². The predicted octanol–water partition coefficient (Wildman–Crippen LogP) is -0.196. The Balaban J connectivity index is 2.36. The highest BCUT2D eigenvalue weighted by atomic mass is 16.5. The Morgan fingerprint density at radius 2 is 2.00 bits per heavy atom. The normalized spacial score (nSPS) is 43.1. The molecule has 0 spiro atoms. The molecule has 2 rings (SSSR count). The van der Waals surface area contributed by atoms with Crippen LogP contribution in [0.25, 0.3) is 0 Å². The van der Waals surface area contributed by atoms with E-state index < -0.39 is 41.5 Å². The van der Waals surface area contributed by atoms with Gasteiger partial charge in [-0.3, -0.25) is 4.79 Å². The second-order valence-electron chi connectivity index (χ2n) is 6.31. The Labute approximate surface area is 123 Å². The number of carbonyl (C=O) groups excluding carboxylic acids is 2. The molecule has 0 aromatic carbocycles. The Kier molecular flexibility index (Phi) is 4.24. The molecule has 118 valence electrons. The molecule has 0 radical (unpaired) electrons. The van der Waals surface area contributed by atoms with Crippen molar-refractivity contribution in [2.75, 3.05) is 7.11 Å². The molecule has 0 amide bonds. The van der Waals surface area contributed by atoms with Crippen molar-refractivity contribution in [3.05, 3.63) is 12.2 Å². The van der Waals surface area contributed by atoms with Gasteiger partial charge in [-0.25, -0.2) is 4.79 Å². The average Bonchev–Trinajstić information content (AvgIpc) is 2.41. The number of hydrogen-bond acceptors (Lipinski definition) is 6. The molecule has 21 heavy (non-hydrogen) atoms. The summed E-state index contributed by atoms with van der Waals surface area (Å²) in [7, 11) is 1.19. The van der Waals surface area contributed by atoms with Crippen LogP contribution in [-0.4, -0.2) is 52.5 Å². The maximum absolute atomic E-state index is 12.2. The number of esters is 1. The smallest absolute Gasteiger partial charge is 0.333 e. The number of carbonyl (C=O) groups is 2. The summed E-state index contributed by atoms with van der Waals surface area (Å²) in [5.41, 5.74) is -0.937. The molecule has 6 nitrogen and oxygen atoms in total. The van der Waals surface area contributed by atoms with Gasteiger partial charge in [0.05, 0.1) is 31.3 Å². The SMILES string of the molecule is C=C(C(=O)OC)[C@H]1[C@@H](O)[C@H]2C(=O)CC[C@H](O)[C@]2(C)C[C@@H]1O. The number of Topliss-reactive ketones (excluding diaryl/α,β-unsaturated/α-hetero) is 1. The molecule has 2 aliphatic carbocycles. The topological polar surface area (TPSA) is 104 Å². The van der Waals surface area contributed by atoms with Crippen molar-refractivity contribution in [3.8, 4) is 0 Å². The van der Waals surface area contributed by atoms with Crippen LogP contribution in [0.5, 0.6) is 0 Å². The molecule has 0 unspecified atom stereocenters. The molecule has 6 heteroatoms. The fourth-order valence-corrected chi connectivity index (χ4v) is 3.90. The lowest BCUT2D eigenvalue weighted by atomic mass is 9.54. The van der Waals surface area contributed by atoms with Gasteiger partial charge in [0.25, 0.3) is 0 Å². The standard InChI is InChI=1S/C15H22O6/c1-7(14(20)21-3)11-9(17)6-15(2)10(18)5-4-8(16)12(15)13(11)19/h9-13,17-19H,1,4-6H2,2-3H3/t9-,10-,11+,12+,13+,15-/m0/s1. The summed E-state index contributed by atoms with van der Waals surface area (Å²) in [4.78, 5) is 23.8. The molecule has 2 fully saturated rings. The number of rotatable bonds is 2. The molecule has 3 N–H and O–H groups in total. The van der Waals surface area contributed by atoms with E-state index in [1.807, 2.05) is 0 Å². The highest BCUT2D eigenvalue weighted by Crippen LogP contribution is 2.51. The molecular weight excluding hydrogens is 276 g/mol. The molecule has 0 aliphatic heterocycles. The van der Waals surface area contributed by atoms with Gasteiger partial charge in [-0.05, 0) is 12.8 Å². The first-order valence-corrected chi connectivity index (χ1v) is 7.08. The number of ether oxygens (including phenoxy) is 1. The molecule has 0 saturated heterocycles. The molecule has 6 atom stereocenters. The van der Waals surface area contributed by atoms with Gasteiger partial charge in [0, 0.05) is 23.3 Å². The molecule has 2 saturated carbocycles. The lowest BCUT2D eigenvalue weighted by Gasteiger charge is -2.53. The van der Waals surface area contributed by atoms with Gasteiger partial charge < -0.3 is 20.1 Å². The van der Waals surface area contributed by atoms with Crippen LogP contribution in [0, 0.1) is 17.3 Å². The van der Waals surface area contributed by atoms with Crippen molar-refractivity contribution in [2.24, 2.45) is 17.3 Å². The molecular formula is C15H22O6. The van der Waals surface area contributed by atoms with Crippen molar-refractivity contribution in [2.45, 2.75) is 44.5 Å². The quantitative estimate of drug-likeness (QED) is 0.482. The Morgan fingerprint density at radius 3 is 2.57 bits per heavy atom. The minimum absolute atomic E-state index is 0.0487. The summed E-state index contributed by atoms with van der Waals surface area (Å²) >= 11 is 0. The Hall–Kier alpha value is -1.24. The van der Waals surface area contributed by atoms with Gasteiger partial charge >= 0.3 is 5.97 Å². The summed E-state index contributed by atoms with van der Waals surface area (Å²) in [5, 5.41) is 31.1. The lowest BCUT2D eigenvalue weighted by Crippen LogP contribution is -2.61. The average molecular weight is 298 g/mol. The number of hydrogen-bond donors (Lipinski definition) is 3. The Bertz CT molecular complexity index is 473. The van der Waals surface area contributed by atoms with Gasteiger partial charge in [-0.15, -0.1) is 0 Å². The fraction of sp³-hybridized carbons (Fsp3) is 0.733. The van der Waals surface area contributed by atoms with Crippen LogP contribution < -0.4 is 0 Å². The number of fused-ring (bicyclic) bond motifs is 1. The van der Waals surface area contributed by atoms with Crippen LogP contribution in [0.15, 0.2) is 12.2 Å². The van der Waals surface area contributed by atoms with Crippen LogP contribution in [0.1, 0.15) is 26.2 Å². The summed E-state index contributed by atoms with van der Waals surface area (Å²) in [5.74, 6) is -2.63. The zero-order valence-electron chi connectivity index (χ0n) is 12.3. The van der Waals surface area contributed by atoms with Crippen molar-refractivity contribution >= 4 is 11.8 Å². The summed E-state index contributed by atoms with van der Waals surface area (Å²) in [6.45, 7) is 5.28. The first-order valence-electron chi connectivity index (χ1n) is 7.08. The number of aliphatic hydroxyl groups is 3. The summed E-state index contributed by atoms with van der Waals surface area (Å²) in [6.07, 6.45) is -2.44. The molecule has 2 aliphatic rings. The Morgan fingerprint density at radius 1 is 1.38 bits per heavy atom. The molecule has 0 aromatic heterocycles. The van der Waals surface area contributed by atoms with E-state index in [1.54, 1.807) is 6.92 Å². The van der Waals surface area contributed by atoms with E-state index in [2.05, 4.69) is 11.3 Å². The lowest BCUT2D eigenvalue weighted by molar-refractivity contribution is -0.178. The van der Waals surface area contributed by atoms with Crippen LogP contribution in [0.2, 0.25) is 0 Å². The third-order valence-corrected chi connectivity index (χ3v) is 5.11. The van der Waals surface area contributed by atoms with Crippen molar-refractivity contribution in [3.63, 3.8) is 0 Å². The van der Waals surface area contributed by atoms with E-state index in [4.69, 9.17) is 0 Å². The van der Waals surface area contributed by atoms with Crippen LogP contribution in [0.3, 0.4) is 0 Å². The highest BCUT2D eigenvalue weighted by Gasteiger charge is 2.58. The van der Waals surface area contributed by atoms with Gasteiger partial charge in [-0.1, -0.05) is 13.5 Å². The van der Waals surface area contributed by atoms with E-state index in [-0.39, 0.29) is 24.2 Å². The highest BCUT2D eigenvalue weighted by molar-refractivity contribution is 5.89. The van der Waals surface area contributed by atoms with E-state index in [9.17, 15) is 24.9 Å². The predicted molar refractivity (Wildman–Crippen MR) is 73.1 cm³/mol. The maximum atomic E-state index is 12.2. The minimum atomic E-state index is -1.26. The van der Waals surface area contributed by atoms with Crippen molar-refractivity contribution < 1.29 is 29.6 Å². The molecule has 0 heterocycles. The van der Waals surface area contributed by atoms with E-state index >= 15 is 0 Å². The van der Waals surface area contributed by atoms with Gasteiger partial charge in [0.1, 0.15) is 5.78 Å². The molecule has 0 bridgehead atoms. The zero-order chi connectivity index (χ0) is 15.9. The number of methoxy groups -OCH3 is 1. The van der Waals surface area contributed by atoms with E-state index in [0.29, 0.717) is 6.42 Å². The first kappa shape index (κ1) is 16.1. The third-order valence-electron chi connectivity index (χ3n) is 5.11. The maximum Gasteiger partial charge on any atom is 0.333 e.